The third-order valence-electron chi connectivity index (χ3n) is 2.02. The van der Waals surface area contributed by atoms with Crippen molar-refractivity contribution in [2.75, 3.05) is 12.4 Å². The van der Waals surface area contributed by atoms with Crippen molar-refractivity contribution in [3.63, 3.8) is 0 Å². The minimum absolute atomic E-state index is 0. The van der Waals surface area contributed by atoms with E-state index >= 15 is 0 Å². The lowest BCUT2D eigenvalue weighted by atomic mass is 10.1. The summed E-state index contributed by atoms with van der Waals surface area (Å²) in [6.45, 7) is 0. The van der Waals surface area contributed by atoms with E-state index in [4.69, 9.17) is 10.8 Å². The van der Waals surface area contributed by atoms with Gasteiger partial charge in [-0.3, -0.25) is 4.79 Å². The minimum atomic E-state index is -0.970. The Morgan fingerprint density at radius 2 is 1.88 bits per heavy atom. The summed E-state index contributed by atoms with van der Waals surface area (Å²) in [6, 6.07) is 6.70. The van der Waals surface area contributed by atoms with Gasteiger partial charge in [0.05, 0.1) is 0 Å². The van der Waals surface area contributed by atoms with E-state index in [2.05, 4.69) is 5.32 Å². The largest absolute Gasteiger partial charge is 0.480 e. The van der Waals surface area contributed by atoms with Crippen LogP contribution in [0.5, 0.6) is 0 Å². The van der Waals surface area contributed by atoms with Crippen molar-refractivity contribution in [3.05, 3.63) is 29.8 Å². The number of halogens is 2. The Bertz CT molecular complexity index is 317. The van der Waals surface area contributed by atoms with Crippen molar-refractivity contribution in [1.82, 2.24) is 0 Å². The molecule has 1 aromatic carbocycles. The number of hydrogen-bond donors (Lipinski definition) is 3. The third kappa shape index (κ3) is 5.21. The number of nitrogens with one attached hydrogen (secondary N) is 1. The first-order valence-electron chi connectivity index (χ1n) is 4.38. The van der Waals surface area contributed by atoms with Gasteiger partial charge in [-0.05, 0) is 24.1 Å². The van der Waals surface area contributed by atoms with Crippen LogP contribution in [0.4, 0.5) is 5.69 Å². The molecular formula is C10H16Cl2N2O2. The topological polar surface area (TPSA) is 75.3 Å². The summed E-state index contributed by atoms with van der Waals surface area (Å²) in [4.78, 5) is 10.5. The van der Waals surface area contributed by atoms with E-state index in [1.165, 1.54) is 0 Å². The molecule has 0 radical (unpaired) electrons. The first-order valence-corrected chi connectivity index (χ1v) is 4.38. The highest BCUT2D eigenvalue weighted by Gasteiger charge is 2.11. The molecule has 92 valence electrons. The molecule has 1 atom stereocenters. The van der Waals surface area contributed by atoms with Gasteiger partial charge in [-0.15, -0.1) is 24.8 Å². The van der Waals surface area contributed by atoms with E-state index < -0.39 is 12.0 Å². The molecular weight excluding hydrogens is 251 g/mol. The highest BCUT2D eigenvalue weighted by Crippen LogP contribution is 2.09. The Morgan fingerprint density at radius 3 is 2.25 bits per heavy atom. The van der Waals surface area contributed by atoms with E-state index in [0.717, 1.165) is 11.3 Å². The van der Waals surface area contributed by atoms with Gasteiger partial charge >= 0.3 is 5.97 Å². The summed E-state index contributed by atoms with van der Waals surface area (Å²) in [6.07, 6.45) is 0.360. The molecule has 6 heteroatoms. The van der Waals surface area contributed by atoms with E-state index in [0.29, 0.717) is 6.42 Å². The molecule has 1 rings (SSSR count). The summed E-state index contributed by atoms with van der Waals surface area (Å²) in [5, 5.41) is 11.6. The number of carboxylic acids is 1. The van der Waals surface area contributed by atoms with E-state index in [1.807, 2.05) is 31.3 Å². The summed E-state index contributed by atoms with van der Waals surface area (Å²) in [5.74, 6) is -0.970. The number of rotatable bonds is 4. The van der Waals surface area contributed by atoms with Crippen LogP contribution in [-0.2, 0) is 11.2 Å². The molecule has 0 heterocycles. The number of aliphatic carboxylic acids is 1. The Balaban J connectivity index is 0. The molecule has 16 heavy (non-hydrogen) atoms. The van der Waals surface area contributed by atoms with Crippen molar-refractivity contribution >= 4 is 36.5 Å². The Labute approximate surface area is 107 Å². The lowest BCUT2D eigenvalue weighted by Gasteiger charge is -2.07. The Morgan fingerprint density at radius 1 is 1.38 bits per heavy atom. The average Bonchev–Trinajstić information content (AvgIpc) is 2.19. The SMILES string of the molecule is CNc1ccc(C[C@H](N)C(=O)O)cc1.Cl.Cl. The molecule has 0 unspecified atom stereocenters. The van der Waals surface area contributed by atoms with Crippen LogP contribution >= 0.6 is 24.8 Å². The molecule has 0 bridgehead atoms. The zero-order valence-corrected chi connectivity index (χ0v) is 10.5. The van der Waals surface area contributed by atoms with Crippen LogP contribution in [0.15, 0.2) is 24.3 Å². The number of carbonyl (C=O) groups is 1. The van der Waals surface area contributed by atoms with Crippen LogP contribution in [0.3, 0.4) is 0 Å². The van der Waals surface area contributed by atoms with Crippen molar-refractivity contribution in [1.29, 1.82) is 0 Å². The van der Waals surface area contributed by atoms with Crippen LogP contribution in [-0.4, -0.2) is 24.2 Å². The molecule has 1 aromatic rings. The van der Waals surface area contributed by atoms with E-state index in [1.54, 1.807) is 0 Å². The molecule has 0 aromatic heterocycles. The number of hydrogen-bond acceptors (Lipinski definition) is 3. The smallest absolute Gasteiger partial charge is 0.320 e. The monoisotopic (exact) mass is 266 g/mol. The fourth-order valence-corrected chi connectivity index (χ4v) is 1.15. The molecule has 0 saturated heterocycles. The molecule has 4 nitrogen and oxygen atoms in total. The minimum Gasteiger partial charge on any atom is -0.480 e. The molecule has 0 spiro atoms. The van der Waals surface area contributed by atoms with Crippen LogP contribution in [0.2, 0.25) is 0 Å². The fourth-order valence-electron chi connectivity index (χ4n) is 1.15. The first-order chi connectivity index (χ1) is 6.63. The van der Waals surface area contributed by atoms with Gasteiger partial charge in [-0.1, -0.05) is 12.1 Å². The summed E-state index contributed by atoms with van der Waals surface area (Å²) >= 11 is 0. The van der Waals surface area contributed by atoms with Gasteiger partial charge < -0.3 is 16.2 Å². The third-order valence-corrected chi connectivity index (χ3v) is 2.02. The van der Waals surface area contributed by atoms with Gasteiger partial charge in [0.25, 0.3) is 0 Å². The zero-order chi connectivity index (χ0) is 10.6. The number of anilines is 1. The molecule has 0 aliphatic rings. The van der Waals surface area contributed by atoms with Crippen molar-refractivity contribution in [2.45, 2.75) is 12.5 Å². The van der Waals surface area contributed by atoms with Gasteiger partial charge in [0.1, 0.15) is 6.04 Å². The predicted octanol–water partition coefficient (Wildman–Crippen LogP) is 1.53. The number of carboxylic acid groups (broad SMARTS) is 1. The second kappa shape index (κ2) is 8.21. The van der Waals surface area contributed by atoms with Crippen LogP contribution in [0.1, 0.15) is 5.56 Å². The van der Waals surface area contributed by atoms with Gasteiger partial charge in [-0.25, -0.2) is 0 Å². The normalized spacial score (nSPS) is 10.6. The summed E-state index contributed by atoms with van der Waals surface area (Å²) in [7, 11) is 1.83. The van der Waals surface area contributed by atoms with Crippen LogP contribution in [0.25, 0.3) is 0 Å². The summed E-state index contributed by atoms with van der Waals surface area (Å²) < 4.78 is 0. The molecule has 0 fully saturated rings. The highest BCUT2D eigenvalue weighted by atomic mass is 35.5. The first kappa shape index (κ1) is 17.4. The van der Waals surface area contributed by atoms with Gasteiger partial charge in [0.2, 0.25) is 0 Å². The maximum Gasteiger partial charge on any atom is 0.320 e. The standard InChI is InChI=1S/C10H14N2O2.2ClH/c1-12-8-4-2-7(3-5-8)6-9(11)10(13)14;;/h2-5,9,12H,6,11H2,1H3,(H,13,14);2*1H/t9-;;/m0../s1. The predicted molar refractivity (Wildman–Crippen MR) is 69.8 cm³/mol. The second-order valence-electron chi connectivity index (χ2n) is 3.10. The summed E-state index contributed by atoms with van der Waals surface area (Å²) in [5.41, 5.74) is 7.33. The van der Waals surface area contributed by atoms with Crippen LogP contribution in [0, 0.1) is 0 Å². The molecule has 0 saturated carbocycles. The van der Waals surface area contributed by atoms with Crippen molar-refractivity contribution in [2.24, 2.45) is 5.73 Å². The fraction of sp³-hybridized carbons (Fsp3) is 0.300. The van der Waals surface area contributed by atoms with Gasteiger partial charge in [-0.2, -0.15) is 0 Å². The lowest BCUT2D eigenvalue weighted by molar-refractivity contribution is -0.138. The average molecular weight is 267 g/mol. The van der Waals surface area contributed by atoms with Gasteiger partial charge in [0.15, 0.2) is 0 Å². The Hall–Kier alpha value is -0.970. The molecule has 0 aliphatic carbocycles. The highest BCUT2D eigenvalue weighted by molar-refractivity contribution is 5.85. The van der Waals surface area contributed by atoms with Crippen LogP contribution < -0.4 is 11.1 Å². The van der Waals surface area contributed by atoms with Crippen molar-refractivity contribution in [3.8, 4) is 0 Å². The van der Waals surface area contributed by atoms with Crippen molar-refractivity contribution < 1.29 is 9.90 Å². The lowest BCUT2D eigenvalue weighted by Crippen LogP contribution is -2.32. The number of nitrogens with two attached hydrogens (primary N) is 1. The van der Waals surface area contributed by atoms with E-state index in [-0.39, 0.29) is 24.8 Å². The zero-order valence-electron chi connectivity index (χ0n) is 8.84. The molecule has 0 amide bonds. The maximum absolute atomic E-state index is 10.5. The number of benzene rings is 1. The molecule has 4 N–H and O–H groups in total. The Kier molecular flexibility index (Phi) is 8.95. The maximum atomic E-state index is 10.5. The van der Waals surface area contributed by atoms with E-state index in [9.17, 15) is 4.79 Å². The van der Waals surface area contributed by atoms with Gasteiger partial charge in [0, 0.05) is 12.7 Å². The quantitative estimate of drug-likeness (QED) is 0.773. The second-order valence-corrected chi connectivity index (χ2v) is 3.10. The molecule has 0 aliphatic heterocycles.